The van der Waals surface area contributed by atoms with Crippen molar-refractivity contribution >= 4 is 0 Å². The topological polar surface area (TPSA) is 71.0 Å². The van der Waals surface area contributed by atoms with E-state index in [-0.39, 0.29) is 29.9 Å². The average molecular weight is 259 g/mol. The number of fused-ring (bicyclic) bond motifs is 1. The zero-order valence-corrected chi connectivity index (χ0v) is 11.8. The standard InChI is InChI=1S/C13H25NO4/c1-12(2,3)18-10-7(6-15)17-11-8(9(10)16)14-13(11,4)5/h7-11,14-16H,6H2,1-5H3. The molecule has 0 amide bonds. The van der Waals surface area contributed by atoms with Crippen LogP contribution in [0.1, 0.15) is 34.6 Å². The van der Waals surface area contributed by atoms with Crippen molar-refractivity contribution in [2.75, 3.05) is 6.61 Å². The van der Waals surface area contributed by atoms with Crippen molar-refractivity contribution in [3.05, 3.63) is 0 Å². The maximum absolute atomic E-state index is 10.4. The number of hydrogen-bond acceptors (Lipinski definition) is 5. The lowest BCUT2D eigenvalue weighted by molar-refractivity contribution is -0.275. The van der Waals surface area contributed by atoms with E-state index in [1.165, 1.54) is 0 Å². The van der Waals surface area contributed by atoms with E-state index in [9.17, 15) is 10.2 Å². The van der Waals surface area contributed by atoms with Crippen molar-refractivity contribution in [1.82, 2.24) is 5.32 Å². The van der Waals surface area contributed by atoms with Crippen LogP contribution in [0.5, 0.6) is 0 Å². The molecule has 5 atom stereocenters. The molecule has 5 heteroatoms. The average Bonchev–Trinajstić information content (AvgIpc) is 2.21. The van der Waals surface area contributed by atoms with Crippen LogP contribution in [0.3, 0.4) is 0 Å². The lowest BCUT2D eigenvalue weighted by atomic mass is 9.74. The predicted molar refractivity (Wildman–Crippen MR) is 67.4 cm³/mol. The summed E-state index contributed by atoms with van der Waals surface area (Å²) in [5.74, 6) is 0. The van der Waals surface area contributed by atoms with E-state index in [0.717, 1.165) is 0 Å². The summed E-state index contributed by atoms with van der Waals surface area (Å²) < 4.78 is 11.7. The van der Waals surface area contributed by atoms with Crippen LogP contribution in [0.25, 0.3) is 0 Å². The molecular weight excluding hydrogens is 234 g/mol. The highest BCUT2D eigenvalue weighted by Gasteiger charge is 2.58. The fourth-order valence-electron chi connectivity index (χ4n) is 2.85. The van der Waals surface area contributed by atoms with Crippen molar-refractivity contribution in [3.63, 3.8) is 0 Å². The maximum atomic E-state index is 10.4. The molecule has 2 aliphatic rings. The van der Waals surface area contributed by atoms with E-state index in [0.29, 0.717) is 0 Å². The maximum Gasteiger partial charge on any atom is 0.114 e. The van der Waals surface area contributed by atoms with E-state index in [2.05, 4.69) is 5.32 Å². The second-order valence-corrected chi connectivity index (χ2v) is 6.85. The molecule has 3 N–H and O–H groups in total. The molecule has 0 aromatic carbocycles. The van der Waals surface area contributed by atoms with Crippen LogP contribution in [0, 0.1) is 0 Å². The van der Waals surface area contributed by atoms with Crippen LogP contribution in [0.4, 0.5) is 0 Å². The SMILES string of the molecule is CC(C)(C)OC1C(CO)OC2C(NC2(C)C)C1O. The second kappa shape index (κ2) is 4.42. The highest BCUT2D eigenvalue weighted by Crippen LogP contribution is 2.38. The smallest absolute Gasteiger partial charge is 0.114 e. The van der Waals surface area contributed by atoms with Gasteiger partial charge in [-0.15, -0.1) is 0 Å². The molecule has 5 nitrogen and oxygen atoms in total. The molecule has 0 spiro atoms. The minimum absolute atomic E-state index is 0.0792. The van der Waals surface area contributed by atoms with E-state index >= 15 is 0 Å². The van der Waals surface area contributed by atoms with Gasteiger partial charge in [0.15, 0.2) is 0 Å². The van der Waals surface area contributed by atoms with E-state index in [1.54, 1.807) is 0 Å². The van der Waals surface area contributed by atoms with Gasteiger partial charge < -0.3 is 25.0 Å². The normalized spacial score (nSPS) is 43.2. The third-order valence-electron chi connectivity index (χ3n) is 3.64. The molecule has 0 radical (unpaired) electrons. The summed E-state index contributed by atoms with van der Waals surface area (Å²) in [7, 11) is 0. The highest BCUT2D eigenvalue weighted by atomic mass is 16.6. The van der Waals surface area contributed by atoms with Crippen LogP contribution >= 0.6 is 0 Å². The third kappa shape index (κ3) is 2.42. The summed E-state index contributed by atoms with van der Waals surface area (Å²) >= 11 is 0. The van der Waals surface area contributed by atoms with Gasteiger partial charge in [-0.2, -0.15) is 0 Å². The van der Waals surface area contributed by atoms with Crippen molar-refractivity contribution in [1.29, 1.82) is 0 Å². The lowest BCUT2D eigenvalue weighted by Gasteiger charge is -2.59. The molecular formula is C13H25NO4. The monoisotopic (exact) mass is 259 g/mol. The molecule has 0 aromatic rings. The Kier molecular flexibility index (Phi) is 3.49. The minimum atomic E-state index is -0.659. The Morgan fingerprint density at radius 1 is 1.33 bits per heavy atom. The number of rotatable bonds is 2. The first-order chi connectivity index (χ1) is 8.15. The van der Waals surface area contributed by atoms with Gasteiger partial charge in [0.1, 0.15) is 18.3 Å². The quantitative estimate of drug-likeness (QED) is 0.653. The Bertz CT molecular complexity index is 311. The van der Waals surface area contributed by atoms with E-state index < -0.39 is 18.3 Å². The van der Waals surface area contributed by atoms with Crippen LogP contribution in [-0.4, -0.2) is 58.4 Å². The molecule has 106 valence electrons. The Hall–Kier alpha value is -0.200. The fourth-order valence-corrected chi connectivity index (χ4v) is 2.85. The molecule has 2 aliphatic heterocycles. The Balaban J connectivity index is 2.12. The first kappa shape index (κ1) is 14.2. The van der Waals surface area contributed by atoms with Crippen LogP contribution in [0.15, 0.2) is 0 Å². The Labute approximate surface area is 108 Å². The Morgan fingerprint density at radius 2 is 1.94 bits per heavy atom. The molecule has 2 saturated heterocycles. The van der Waals surface area contributed by atoms with Gasteiger partial charge in [-0.05, 0) is 34.6 Å². The number of aliphatic hydroxyl groups excluding tert-OH is 2. The highest BCUT2D eigenvalue weighted by molar-refractivity contribution is 5.14. The van der Waals surface area contributed by atoms with Gasteiger partial charge in [-0.3, -0.25) is 0 Å². The largest absolute Gasteiger partial charge is 0.394 e. The number of ether oxygens (including phenoxy) is 2. The van der Waals surface area contributed by atoms with Gasteiger partial charge in [0.05, 0.1) is 24.4 Å². The second-order valence-electron chi connectivity index (χ2n) is 6.85. The summed E-state index contributed by atoms with van der Waals surface area (Å²) in [6.45, 7) is 9.70. The van der Waals surface area contributed by atoms with Gasteiger partial charge in [0.2, 0.25) is 0 Å². The van der Waals surface area contributed by atoms with Gasteiger partial charge in [0.25, 0.3) is 0 Å². The van der Waals surface area contributed by atoms with Gasteiger partial charge >= 0.3 is 0 Å². The zero-order valence-electron chi connectivity index (χ0n) is 11.8. The van der Waals surface area contributed by atoms with E-state index in [4.69, 9.17) is 9.47 Å². The minimum Gasteiger partial charge on any atom is -0.394 e. The summed E-state index contributed by atoms with van der Waals surface area (Å²) in [5.41, 5.74) is -0.541. The van der Waals surface area contributed by atoms with Crippen LogP contribution in [-0.2, 0) is 9.47 Å². The van der Waals surface area contributed by atoms with E-state index in [1.807, 2.05) is 34.6 Å². The van der Waals surface area contributed by atoms with Gasteiger partial charge in [-0.25, -0.2) is 0 Å². The number of nitrogens with one attached hydrogen (secondary N) is 1. The lowest BCUT2D eigenvalue weighted by Crippen LogP contribution is -2.82. The molecule has 5 unspecified atom stereocenters. The summed E-state index contributed by atoms with van der Waals surface area (Å²) in [4.78, 5) is 0. The summed E-state index contributed by atoms with van der Waals surface area (Å²) in [6, 6.07) is -0.116. The molecule has 2 heterocycles. The first-order valence-electron chi connectivity index (χ1n) is 6.55. The number of aliphatic hydroxyl groups is 2. The van der Waals surface area contributed by atoms with Gasteiger partial charge in [0, 0.05) is 5.54 Å². The molecule has 18 heavy (non-hydrogen) atoms. The predicted octanol–water partition coefficient (Wildman–Crippen LogP) is 0.0411. The Morgan fingerprint density at radius 3 is 2.39 bits per heavy atom. The molecule has 2 fully saturated rings. The zero-order chi connectivity index (χ0) is 13.7. The summed E-state index contributed by atoms with van der Waals surface area (Å²) in [5, 5.41) is 23.1. The summed E-state index contributed by atoms with van der Waals surface area (Å²) in [6.07, 6.45) is -1.71. The van der Waals surface area contributed by atoms with Crippen molar-refractivity contribution in [2.45, 2.75) is 76.2 Å². The molecule has 0 bridgehead atoms. The molecule has 0 aliphatic carbocycles. The fraction of sp³-hybridized carbons (Fsp3) is 1.00. The number of hydrogen-bond donors (Lipinski definition) is 3. The van der Waals surface area contributed by atoms with Gasteiger partial charge in [-0.1, -0.05) is 0 Å². The molecule has 2 rings (SSSR count). The first-order valence-corrected chi connectivity index (χ1v) is 6.55. The van der Waals surface area contributed by atoms with Crippen LogP contribution < -0.4 is 5.32 Å². The van der Waals surface area contributed by atoms with Crippen molar-refractivity contribution in [2.24, 2.45) is 0 Å². The van der Waals surface area contributed by atoms with Crippen molar-refractivity contribution < 1.29 is 19.7 Å². The molecule has 0 aromatic heterocycles. The van der Waals surface area contributed by atoms with Crippen LogP contribution in [0.2, 0.25) is 0 Å². The van der Waals surface area contributed by atoms with Crippen molar-refractivity contribution in [3.8, 4) is 0 Å². The third-order valence-corrected chi connectivity index (χ3v) is 3.64. The molecule has 0 saturated carbocycles.